The molecule has 2 aromatic rings. The van der Waals surface area contributed by atoms with Crippen LogP contribution >= 0.6 is 7.14 Å². The maximum atomic E-state index is 12.9. The van der Waals surface area contributed by atoms with E-state index in [4.69, 9.17) is 10.5 Å². The predicted octanol–water partition coefficient (Wildman–Crippen LogP) is 3.12. The van der Waals surface area contributed by atoms with Crippen molar-refractivity contribution in [1.29, 1.82) is 0 Å². The van der Waals surface area contributed by atoms with Crippen molar-refractivity contribution in [2.75, 3.05) is 19.1 Å². The number of anilines is 1. The minimum Gasteiger partial charge on any atom is -0.438 e. The number of nitrogen functional groups attached to an aromatic ring is 1. The van der Waals surface area contributed by atoms with Crippen molar-refractivity contribution in [1.82, 2.24) is 9.97 Å². The number of halogens is 3. The molecule has 0 bridgehead atoms. The molecule has 22 heavy (non-hydrogen) atoms. The maximum Gasteiger partial charge on any atom is 0.423 e. The van der Waals surface area contributed by atoms with Crippen LogP contribution in [-0.2, 0) is 10.7 Å². The molecule has 1 heterocycles. The fourth-order valence-corrected chi connectivity index (χ4v) is 2.53. The van der Waals surface area contributed by atoms with Gasteiger partial charge < -0.3 is 15.0 Å². The summed E-state index contributed by atoms with van der Waals surface area (Å²) in [5, 5.41) is 0.487. The Balaban J connectivity index is 2.43. The molecule has 0 spiro atoms. The van der Waals surface area contributed by atoms with Gasteiger partial charge in [-0.15, -0.1) is 0 Å². The third-order valence-electron chi connectivity index (χ3n) is 2.73. The highest BCUT2D eigenvalue weighted by Gasteiger charge is 2.36. The van der Waals surface area contributed by atoms with E-state index in [1.54, 1.807) is 25.5 Å². The quantitative estimate of drug-likeness (QED) is 0.874. The number of nitrogens with two attached hydrogens (primary N) is 1. The topological polar surface area (TPSA) is 78.1 Å². The molecule has 5 nitrogen and oxygen atoms in total. The smallest absolute Gasteiger partial charge is 0.423 e. The highest BCUT2D eigenvalue weighted by atomic mass is 31.2. The summed E-state index contributed by atoms with van der Waals surface area (Å²) in [5.74, 6) is -0.944. The zero-order valence-corrected chi connectivity index (χ0v) is 12.7. The van der Waals surface area contributed by atoms with Crippen molar-refractivity contribution in [3.05, 3.63) is 36.0 Å². The lowest BCUT2D eigenvalue weighted by molar-refractivity contribution is -0.139. The van der Waals surface area contributed by atoms with E-state index in [-0.39, 0.29) is 11.7 Å². The van der Waals surface area contributed by atoms with Crippen molar-refractivity contribution < 1.29 is 22.5 Å². The summed E-state index contributed by atoms with van der Waals surface area (Å²) in [5.41, 5.74) is 4.17. The van der Waals surface area contributed by atoms with Gasteiger partial charge >= 0.3 is 6.18 Å². The minimum absolute atomic E-state index is 0.0880. The number of ether oxygens (including phenoxy) is 1. The summed E-state index contributed by atoms with van der Waals surface area (Å²) in [4.78, 5) is 6.81. The van der Waals surface area contributed by atoms with Crippen LogP contribution in [0.15, 0.2) is 30.5 Å². The van der Waals surface area contributed by atoms with Gasteiger partial charge in [0.1, 0.15) is 18.5 Å². The van der Waals surface area contributed by atoms with Crippen LogP contribution in [0, 0.1) is 0 Å². The first-order valence-corrected chi connectivity index (χ1v) is 8.70. The lowest BCUT2D eigenvalue weighted by atomic mass is 10.3. The van der Waals surface area contributed by atoms with Gasteiger partial charge in [-0.2, -0.15) is 18.2 Å². The Bertz CT molecular complexity index is 744. The summed E-state index contributed by atoms with van der Waals surface area (Å²) in [6.07, 6.45) is -4.11. The summed E-state index contributed by atoms with van der Waals surface area (Å²) in [7, 11) is -2.56. The number of alkyl halides is 3. The van der Waals surface area contributed by atoms with Gasteiger partial charge in [0.15, 0.2) is 0 Å². The van der Waals surface area contributed by atoms with E-state index in [0.29, 0.717) is 11.5 Å². The van der Waals surface area contributed by atoms with E-state index in [1.807, 2.05) is 0 Å². The summed E-state index contributed by atoms with van der Waals surface area (Å²) < 4.78 is 55.9. The summed E-state index contributed by atoms with van der Waals surface area (Å²) >= 11 is 0. The molecule has 0 atom stereocenters. The molecule has 0 amide bonds. The number of hydrogen-bond donors (Lipinski definition) is 1. The van der Waals surface area contributed by atoms with Gasteiger partial charge in [-0.1, -0.05) is 12.1 Å². The Morgan fingerprint density at radius 1 is 1.27 bits per heavy atom. The predicted molar refractivity (Wildman–Crippen MR) is 77.1 cm³/mol. The molecule has 0 aliphatic rings. The normalized spacial score (nSPS) is 12.2. The number of aromatic nitrogens is 2. The van der Waals surface area contributed by atoms with Crippen LogP contribution in [-0.4, -0.2) is 23.3 Å². The van der Waals surface area contributed by atoms with Gasteiger partial charge in [0.05, 0.1) is 0 Å². The summed E-state index contributed by atoms with van der Waals surface area (Å²) in [6, 6.07) is 6.02. The maximum absolute atomic E-state index is 12.9. The van der Waals surface area contributed by atoms with Crippen molar-refractivity contribution >= 4 is 18.4 Å². The van der Waals surface area contributed by atoms with E-state index in [1.165, 1.54) is 12.1 Å². The number of benzene rings is 1. The SMILES string of the molecule is CP(C)(=O)c1cccc(Oc2nc(N)ncc2C(F)(F)F)c1. The molecule has 0 aliphatic carbocycles. The Labute approximate surface area is 124 Å². The van der Waals surface area contributed by atoms with E-state index in [9.17, 15) is 17.7 Å². The average Bonchev–Trinajstić information content (AvgIpc) is 2.36. The zero-order chi connectivity index (χ0) is 16.5. The van der Waals surface area contributed by atoms with Gasteiger partial charge in [0, 0.05) is 11.5 Å². The monoisotopic (exact) mass is 331 g/mol. The highest BCUT2D eigenvalue weighted by molar-refractivity contribution is 7.70. The number of hydrogen-bond acceptors (Lipinski definition) is 5. The van der Waals surface area contributed by atoms with Crippen LogP contribution in [0.2, 0.25) is 0 Å². The Hall–Kier alpha value is -2.08. The largest absolute Gasteiger partial charge is 0.438 e. The molecule has 9 heteroatoms. The fraction of sp³-hybridized carbons (Fsp3) is 0.231. The molecule has 0 saturated heterocycles. The second kappa shape index (κ2) is 5.61. The first-order valence-electron chi connectivity index (χ1n) is 6.10. The first kappa shape index (κ1) is 16.3. The molecule has 0 radical (unpaired) electrons. The van der Waals surface area contributed by atoms with Crippen LogP contribution in [0.4, 0.5) is 19.1 Å². The summed E-state index contributed by atoms with van der Waals surface area (Å²) in [6.45, 7) is 3.10. The van der Waals surface area contributed by atoms with E-state index < -0.39 is 24.8 Å². The van der Waals surface area contributed by atoms with Crippen molar-refractivity contribution in [2.24, 2.45) is 0 Å². The van der Waals surface area contributed by atoms with E-state index in [2.05, 4.69) is 9.97 Å². The molecule has 0 fully saturated rings. The third-order valence-corrected chi connectivity index (χ3v) is 4.25. The van der Waals surface area contributed by atoms with E-state index >= 15 is 0 Å². The Kier molecular flexibility index (Phi) is 4.15. The van der Waals surface area contributed by atoms with Crippen LogP contribution in [0.5, 0.6) is 11.6 Å². The number of rotatable bonds is 3. The molecular formula is C13H13F3N3O2P. The number of nitrogens with zero attached hydrogens (tertiary/aromatic N) is 2. The van der Waals surface area contributed by atoms with Crippen LogP contribution in [0.25, 0.3) is 0 Å². The molecule has 1 aromatic heterocycles. The van der Waals surface area contributed by atoms with Crippen LogP contribution in [0.1, 0.15) is 5.56 Å². The first-order chi connectivity index (χ1) is 10.1. The van der Waals surface area contributed by atoms with Gasteiger partial charge in [0.25, 0.3) is 0 Å². The van der Waals surface area contributed by atoms with E-state index in [0.717, 1.165) is 0 Å². The average molecular weight is 331 g/mol. The molecule has 2 N–H and O–H groups in total. The molecule has 0 unspecified atom stereocenters. The van der Waals surface area contributed by atoms with Crippen molar-refractivity contribution in [2.45, 2.75) is 6.18 Å². The molecular weight excluding hydrogens is 318 g/mol. The lowest BCUT2D eigenvalue weighted by Gasteiger charge is -2.13. The van der Waals surface area contributed by atoms with Crippen molar-refractivity contribution in [3.63, 3.8) is 0 Å². The molecule has 0 saturated carbocycles. The van der Waals surface area contributed by atoms with Gasteiger partial charge in [-0.3, -0.25) is 0 Å². The molecule has 1 aromatic carbocycles. The lowest BCUT2D eigenvalue weighted by Crippen LogP contribution is -2.11. The van der Waals surface area contributed by atoms with Gasteiger partial charge in [0.2, 0.25) is 11.8 Å². The minimum atomic E-state index is -4.68. The molecule has 118 valence electrons. The Morgan fingerprint density at radius 3 is 2.55 bits per heavy atom. The van der Waals surface area contributed by atoms with Crippen molar-refractivity contribution in [3.8, 4) is 11.6 Å². The Morgan fingerprint density at radius 2 is 1.95 bits per heavy atom. The molecule has 2 rings (SSSR count). The molecule has 0 aliphatic heterocycles. The van der Waals surface area contributed by atoms with Gasteiger partial charge in [-0.05, 0) is 25.5 Å². The fourth-order valence-electron chi connectivity index (χ4n) is 1.64. The van der Waals surface area contributed by atoms with Gasteiger partial charge in [-0.25, -0.2) is 4.98 Å². The van der Waals surface area contributed by atoms with Crippen LogP contribution < -0.4 is 15.8 Å². The zero-order valence-electron chi connectivity index (χ0n) is 11.8. The van der Waals surface area contributed by atoms with Crippen LogP contribution in [0.3, 0.4) is 0 Å². The second-order valence-electron chi connectivity index (χ2n) is 4.90. The standard InChI is InChI=1S/C13H13F3N3O2P/c1-22(2,20)9-5-3-4-8(6-9)21-11-10(13(14,15)16)7-18-12(17)19-11/h3-7H,1-2H3,(H2,17,18,19). The second-order valence-corrected chi connectivity index (χ2v) is 8.11. The third kappa shape index (κ3) is 3.76. The highest BCUT2D eigenvalue weighted by Crippen LogP contribution is 2.38.